The van der Waals surface area contributed by atoms with Gasteiger partial charge in [0.15, 0.2) is 5.11 Å². The monoisotopic (exact) mass is 226 g/mol. The Morgan fingerprint density at radius 3 is 2.27 bits per heavy atom. The van der Waals surface area contributed by atoms with Crippen LogP contribution in [-0.2, 0) is 4.79 Å². The normalized spacial score (nSPS) is 24.9. The largest absolute Gasteiger partial charge is 0.337 e. The van der Waals surface area contributed by atoms with Crippen LogP contribution in [-0.4, -0.2) is 28.5 Å². The van der Waals surface area contributed by atoms with Gasteiger partial charge in [0.2, 0.25) is 5.91 Å². The number of rotatable bonds is 1. The Hall–Kier alpha value is -0.640. The van der Waals surface area contributed by atoms with Gasteiger partial charge in [0.25, 0.3) is 0 Å². The van der Waals surface area contributed by atoms with Gasteiger partial charge in [-0.05, 0) is 25.1 Å². The van der Waals surface area contributed by atoms with Gasteiger partial charge in [-0.1, -0.05) is 32.1 Å². The van der Waals surface area contributed by atoms with Gasteiger partial charge in [-0.15, -0.1) is 0 Å². The lowest BCUT2D eigenvalue weighted by molar-refractivity contribution is -0.118. The van der Waals surface area contributed by atoms with Gasteiger partial charge in [-0.25, -0.2) is 0 Å². The summed E-state index contributed by atoms with van der Waals surface area (Å²) in [5, 5.41) is 3.36. The van der Waals surface area contributed by atoms with Gasteiger partial charge in [-0.3, -0.25) is 4.79 Å². The van der Waals surface area contributed by atoms with Crippen LogP contribution in [0.4, 0.5) is 0 Å². The molecule has 3 nitrogen and oxygen atoms in total. The van der Waals surface area contributed by atoms with Crippen molar-refractivity contribution in [3.63, 3.8) is 0 Å². The molecule has 2 rings (SSSR count). The first-order valence-corrected chi connectivity index (χ1v) is 6.28. The fourth-order valence-corrected chi connectivity index (χ4v) is 2.83. The van der Waals surface area contributed by atoms with Crippen LogP contribution < -0.4 is 5.32 Å². The lowest BCUT2D eigenvalue weighted by atomic mass is 9.96. The lowest BCUT2D eigenvalue weighted by Crippen LogP contribution is -2.38. The van der Waals surface area contributed by atoms with E-state index >= 15 is 0 Å². The highest BCUT2D eigenvalue weighted by molar-refractivity contribution is 7.80. The molecular formula is C11H18N2OS. The van der Waals surface area contributed by atoms with Gasteiger partial charge in [0.1, 0.15) is 0 Å². The molecule has 15 heavy (non-hydrogen) atoms. The zero-order valence-corrected chi connectivity index (χ0v) is 9.81. The molecule has 0 aromatic rings. The summed E-state index contributed by atoms with van der Waals surface area (Å²) < 4.78 is 0. The predicted octanol–water partition coefficient (Wildman–Crippen LogP) is 1.82. The van der Waals surface area contributed by atoms with Crippen LogP contribution in [0.2, 0.25) is 0 Å². The summed E-state index contributed by atoms with van der Waals surface area (Å²) >= 11 is 5.17. The number of hydrogen-bond acceptors (Lipinski definition) is 2. The Labute approximate surface area is 96.2 Å². The molecule has 0 spiro atoms. The molecule has 1 aliphatic heterocycles. The molecule has 0 unspecified atom stereocenters. The van der Waals surface area contributed by atoms with E-state index < -0.39 is 0 Å². The fraction of sp³-hybridized carbons (Fsp3) is 0.818. The van der Waals surface area contributed by atoms with E-state index in [0.29, 0.717) is 17.7 Å². The van der Waals surface area contributed by atoms with Gasteiger partial charge < -0.3 is 10.2 Å². The molecule has 0 bridgehead atoms. The summed E-state index contributed by atoms with van der Waals surface area (Å²) in [5.41, 5.74) is 0. The van der Waals surface area contributed by atoms with Crippen molar-refractivity contribution in [2.24, 2.45) is 0 Å². The third-order valence-electron chi connectivity index (χ3n) is 3.34. The molecule has 4 heteroatoms. The smallest absolute Gasteiger partial charge is 0.245 e. The van der Waals surface area contributed by atoms with E-state index in [1.807, 2.05) is 0 Å². The molecule has 1 amide bonds. The van der Waals surface area contributed by atoms with E-state index in [-0.39, 0.29) is 5.91 Å². The quantitative estimate of drug-likeness (QED) is 0.692. The summed E-state index contributed by atoms with van der Waals surface area (Å²) in [6.07, 6.45) is 8.96. The van der Waals surface area contributed by atoms with Gasteiger partial charge in [0.05, 0.1) is 6.54 Å². The van der Waals surface area contributed by atoms with Crippen molar-refractivity contribution in [2.45, 2.75) is 51.0 Å². The maximum atomic E-state index is 11.2. The summed E-state index contributed by atoms with van der Waals surface area (Å²) in [4.78, 5) is 13.3. The predicted molar refractivity (Wildman–Crippen MR) is 63.6 cm³/mol. The Balaban J connectivity index is 1.95. The first-order valence-electron chi connectivity index (χ1n) is 5.88. The number of hydrogen-bond donors (Lipinski definition) is 1. The van der Waals surface area contributed by atoms with Crippen LogP contribution in [0, 0.1) is 0 Å². The molecule has 0 aromatic carbocycles. The number of carbonyl (C=O) groups is 1. The van der Waals surface area contributed by atoms with Crippen molar-refractivity contribution in [3.8, 4) is 0 Å². The number of nitrogens with zero attached hydrogens (tertiary/aromatic N) is 1. The van der Waals surface area contributed by atoms with Crippen LogP contribution >= 0.6 is 12.2 Å². The second-order valence-corrected chi connectivity index (χ2v) is 4.87. The summed E-state index contributed by atoms with van der Waals surface area (Å²) in [6, 6.07) is 0.497. The molecule has 0 atom stereocenters. The van der Waals surface area contributed by atoms with Crippen LogP contribution in [0.1, 0.15) is 44.9 Å². The minimum atomic E-state index is 0.0575. The van der Waals surface area contributed by atoms with E-state index in [1.54, 1.807) is 0 Å². The maximum Gasteiger partial charge on any atom is 0.245 e. The molecule has 1 saturated heterocycles. The summed E-state index contributed by atoms with van der Waals surface area (Å²) in [6.45, 7) is 0.476. The third kappa shape index (κ3) is 2.68. The van der Waals surface area contributed by atoms with E-state index in [4.69, 9.17) is 12.2 Å². The number of amides is 1. The maximum absolute atomic E-state index is 11.2. The van der Waals surface area contributed by atoms with Gasteiger partial charge in [0, 0.05) is 6.04 Å². The average Bonchev–Trinajstić information content (AvgIpc) is 2.45. The van der Waals surface area contributed by atoms with Crippen LogP contribution in [0.25, 0.3) is 0 Å². The van der Waals surface area contributed by atoms with Gasteiger partial charge in [-0.2, -0.15) is 0 Å². The summed E-state index contributed by atoms with van der Waals surface area (Å²) in [7, 11) is 0. The van der Waals surface area contributed by atoms with Gasteiger partial charge >= 0.3 is 0 Å². The first kappa shape index (κ1) is 10.9. The molecular weight excluding hydrogens is 208 g/mol. The van der Waals surface area contributed by atoms with Crippen molar-refractivity contribution < 1.29 is 4.79 Å². The Bertz CT molecular complexity index is 259. The summed E-state index contributed by atoms with van der Waals surface area (Å²) in [5.74, 6) is 0.0575. The Morgan fingerprint density at radius 1 is 1.13 bits per heavy atom. The van der Waals surface area contributed by atoms with Crippen LogP contribution in [0.15, 0.2) is 0 Å². The molecule has 0 radical (unpaired) electrons. The number of carbonyl (C=O) groups excluding carboxylic acids is 1. The van der Waals surface area contributed by atoms with E-state index in [2.05, 4.69) is 10.2 Å². The molecule has 0 aromatic heterocycles. The minimum absolute atomic E-state index is 0.0575. The van der Waals surface area contributed by atoms with Crippen LogP contribution in [0.3, 0.4) is 0 Å². The zero-order chi connectivity index (χ0) is 10.7. The Kier molecular flexibility index (Phi) is 3.57. The van der Waals surface area contributed by atoms with E-state index in [1.165, 1.54) is 44.9 Å². The third-order valence-corrected chi connectivity index (χ3v) is 3.67. The molecule has 84 valence electrons. The standard InChI is InChI=1S/C11H18N2OS/c14-10-8-13(11(15)12-10)9-6-4-2-1-3-5-7-9/h9H,1-8H2,(H,12,14,15). The minimum Gasteiger partial charge on any atom is -0.337 e. The fourth-order valence-electron chi connectivity index (χ4n) is 2.50. The van der Waals surface area contributed by atoms with E-state index in [0.717, 1.165) is 0 Å². The van der Waals surface area contributed by atoms with Crippen molar-refractivity contribution in [1.82, 2.24) is 10.2 Å². The highest BCUT2D eigenvalue weighted by atomic mass is 32.1. The number of nitrogens with one attached hydrogen (secondary N) is 1. The number of thiocarbonyl (C=S) groups is 1. The topological polar surface area (TPSA) is 32.3 Å². The highest BCUT2D eigenvalue weighted by Crippen LogP contribution is 2.22. The first-order chi connectivity index (χ1) is 7.27. The molecule has 1 N–H and O–H groups in total. The lowest BCUT2D eigenvalue weighted by Gasteiger charge is -2.29. The molecule has 2 aliphatic rings. The second-order valence-electron chi connectivity index (χ2n) is 4.48. The van der Waals surface area contributed by atoms with Crippen molar-refractivity contribution >= 4 is 23.2 Å². The molecule has 1 aliphatic carbocycles. The van der Waals surface area contributed by atoms with Crippen molar-refractivity contribution in [1.29, 1.82) is 0 Å². The van der Waals surface area contributed by atoms with Crippen molar-refractivity contribution in [3.05, 3.63) is 0 Å². The second kappa shape index (κ2) is 4.92. The van der Waals surface area contributed by atoms with Crippen LogP contribution in [0.5, 0.6) is 0 Å². The SMILES string of the molecule is O=C1CN(C2CCCCCCC2)C(=S)N1. The molecule has 2 fully saturated rings. The highest BCUT2D eigenvalue weighted by Gasteiger charge is 2.29. The molecule has 1 heterocycles. The Morgan fingerprint density at radius 2 is 1.73 bits per heavy atom. The van der Waals surface area contributed by atoms with E-state index in [9.17, 15) is 4.79 Å². The average molecular weight is 226 g/mol. The zero-order valence-electron chi connectivity index (χ0n) is 9.00. The van der Waals surface area contributed by atoms with Crippen molar-refractivity contribution in [2.75, 3.05) is 6.54 Å². The molecule has 1 saturated carbocycles.